The molecule has 31 heavy (non-hydrogen) atoms. The van der Waals surface area contributed by atoms with Gasteiger partial charge >= 0.3 is 5.97 Å². The number of hydrogen-bond donors (Lipinski definition) is 1. The molecule has 1 N–H and O–H groups in total. The van der Waals surface area contributed by atoms with Crippen LogP contribution in [0.2, 0.25) is 10.0 Å². The van der Waals surface area contributed by atoms with Crippen LogP contribution < -0.4 is 5.32 Å². The van der Waals surface area contributed by atoms with Gasteiger partial charge in [-0.1, -0.05) is 43.1 Å². The lowest BCUT2D eigenvalue weighted by molar-refractivity contribution is -0.147. The quantitative estimate of drug-likeness (QED) is 0.305. The lowest BCUT2D eigenvalue weighted by Gasteiger charge is -2.18. The lowest BCUT2D eigenvalue weighted by Crippen LogP contribution is -2.19. The number of anilines is 2. The van der Waals surface area contributed by atoms with E-state index in [1.54, 1.807) is 12.1 Å². The highest BCUT2D eigenvalue weighted by Gasteiger charge is 2.23. The molecule has 5 nitrogen and oxygen atoms in total. The number of fused-ring (bicyclic) bond motifs is 1. The van der Waals surface area contributed by atoms with E-state index in [9.17, 15) is 4.79 Å². The number of halogens is 3. The summed E-state index contributed by atoms with van der Waals surface area (Å²) in [5.41, 5.74) is 3.42. The van der Waals surface area contributed by atoms with E-state index < -0.39 is 0 Å². The highest BCUT2D eigenvalue weighted by molar-refractivity contribution is 9.10. The molecule has 1 heterocycles. The maximum Gasteiger partial charge on any atom is 0.326 e. The van der Waals surface area contributed by atoms with Crippen LogP contribution in [0.1, 0.15) is 52.0 Å². The Morgan fingerprint density at radius 2 is 1.90 bits per heavy atom. The molecule has 1 aromatic heterocycles. The van der Waals surface area contributed by atoms with Crippen molar-refractivity contribution in [2.24, 2.45) is 0 Å². The molecule has 0 radical (unpaired) electrons. The van der Waals surface area contributed by atoms with Crippen LogP contribution in [0.3, 0.4) is 0 Å². The number of aromatic nitrogens is 2. The summed E-state index contributed by atoms with van der Waals surface area (Å²) >= 11 is 16.1. The Hall–Kier alpha value is -1.76. The van der Waals surface area contributed by atoms with Gasteiger partial charge in [0, 0.05) is 9.50 Å². The first-order chi connectivity index (χ1) is 14.7. The molecule has 8 heteroatoms. The summed E-state index contributed by atoms with van der Waals surface area (Å²) in [6, 6.07) is 9.36. The molecule has 0 fully saturated rings. The molecule has 0 aliphatic heterocycles. The zero-order valence-electron chi connectivity index (χ0n) is 18.0. The molecule has 0 bridgehead atoms. The van der Waals surface area contributed by atoms with E-state index in [0.29, 0.717) is 27.4 Å². The first kappa shape index (κ1) is 23.9. The fraction of sp³-hybridized carbons (Fsp3) is 0.391. The number of imidazole rings is 1. The van der Waals surface area contributed by atoms with Crippen molar-refractivity contribution in [3.05, 3.63) is 50.4 Å². The highest BCUT2D eigenvalue weighted by atomic mass is 79.9. The smallest absolute Gasteiger partial charge is 0.326 e. The molecule has 166 valence electrons. The van der Waals surface area contributed by atoms with Gasteiger partial charge in [-0.3, -0.25) is 9.36 Å². The van der Waals surface area contributed by atoms with Gasteiger partial charge in [0.05, 0.1) is 22.3 Å². The Balaban J connectivity index is 2.20. The standard InChI is InChI=1S/C23H26BrCl2N3O2/c1-5-14(6-2)16-8-9-18(26)21-22(16)29(12-20(30)31-13(3)4)23(28-21)27-19-10-7-15(25)11-17(19)24/h7-11,13-14H,5-6,12H2,1-4H3,(H,27,28). The third-order valence-electron chi connectivity index (χ3n) is 5.13. The van der Waals surface area contributed by atoms with E-state index in [0.717, 1.165) is 34.1 Å². The van der Waals surface area contributed by atoms with E-state index in [1.807, 2.05) is 36.6 Å². The first-order valence-corrected chi connectivity index (χ1v) is 11.9. The zero-order chi connectivity index (χ0) is 22.7. The Morgan fingerprint density at radius 1 is 1.19 bits per heavy atom. The van der Waals surface area contributed by atoms with Gasteiger partial charge in [-0.05, 0) is 78.4 Å². The maximum atomic E-state index is 12.6. The minimum Gasteiger partial charge on any atom is -0.462 e. The second kappa shape index (κ2) is 10.2. The number of carbonyl (C=O) groups is 1. The minimum absolute atomic E-state index is 0.0235. The zero-order valence-corrected chi connectivity index (χ0v) is 21.1. The summed E-state index contributed by atoms with van der Waals surface area (Å²) in [6.07, 6.45) is 1.74. The monoisotopic (exact) mass is 525 g/mol. The number of ether oxygens (including phenoxy) is 1. The van der Waals surface area contributed by atoms with Crippen molar-refractivity contribution in [2.45, 2.75) is 59.1 Å². The van der Waals surface area contributed by atoms with Crippen molar-refractivity contribution in [1.82, 2.24) is 9.55 Å². The number of esters is 1. The molecular formula is C23H26BrCl2N3O2. The number of nitrogens with one attached hydrogen (secondary N) is 1. The molecule has 0 saturated carbocycles. The first-order valence-electron chi connectivity index (χ1n) is 10.3. The van der Waals surface area contributed by atoms with E-state index in [2.05, 4.69) is 35.1 Å². The van der Waals surface area contributed by atoms with Crippen LogP contribution in [0.25, 0.3) is 11.0 Å². The second-order valence-electron chi connectivity index (χ2n) is 7.66. The summed E-state index contributed by atoms with van der Waals surface area (Å²) in [5.74, 6) is 0.508. The van der Waals surface area contributed by atoms with E-state index in [1.165, 1.54) is 0 Å². The Bertz CT molecular complexity index is 1090. The average molecular weight is 527 g/mol. The molecule has 2 aromatic carbocycles. The Kier molecular flexibility index (Phi) is 7.89. The molecular weight excluding hydrogens is 501 g/mol. The van der Waals surface area contributed by atoms with Crippen molar-refractivity contribution >= 4 is 67.8 Å². The fourth-order valence-corrected chi connectivity index (χ4v) is 4.66. The number of rotatable bonds is 8. The maximum absolute atomic E-state index is 12.6. The molecule has 0 spiro atoms. The van der Waals surface area contributed by atoms with Crippen LogP contribution in [-0.4, -0.2) is 21.6 Å². The van der Waals surface area contributed by atoms with E-state index in [4.69, 9.17) is 32.9 Å². The van der Waals surface area contributed by atoms with Gasteiger partial charge in [0.15, 0.2) is 0 Å². The van der Waals surface area contributed by atoms with Gasteiger partial charge < -0.3 is 10.1 Å². The van der Waals surface area contributed by atoms with Crippen LogP contribution in [-0.2, 0) is 16.1 Å². The van der Waals surface area contributed by atoms with Crippen LogP contribution in [0.5, 0.6) is 0 Å². The number of hydrogen-bond acceptors (Lipinski definition) is 4. The van der Waals surface area contributed by atoms with Crippen LogP contribution >= 0.6 is 39.1 Å². The van der Waals surface area contributed by atoms with Gasteiger partial charge in [-0.2, -0.15) is 0 Å². The molecule has 0 atom stereocenters. The van der Waals surface area contributed by atoms with Gasteiger partial charge in [0.2, 0.25) is 5.95 Å². The van der Waals surface area contributed by atoms with Crippen molar-refractivity contribution in [1.29, 1.82) is 0 Å². The van der Waals surface area contributed by atoms with Crippen LogP contribution in [0.4, 0.5) is 11.6 Å². The van der Waals surface area contributed by atoms with Crippen molar-refractivity contribution in [2.75, 3.05) is 5.32 Å². The van der Waals surface area contributed by atoms with E-state index >= 15 is 0 Å². The van der Waals surface area contributed by atoms with E-state index in [-0.39, 0.29) is 18.6 Å². The molecule has 0 aliphatic rings. The highest BCUT2D eigenvalue weighted by Crippen LogP contribution is 2.37. The van der Waals surface area contributed by atoms with Crippen molar-refractivity contribution in [3.8, 4) is 0 Å². The summed E-state index contributed by atoms with van der Waals surface area (Å²) < 4.78 is 8.07. The SMILES string of the molecule is CCC(CC)c1ccc(Cl)c2nc(Nc3ccc(Cl)cc3Br)n(CC(=O)OC(C)C)c12. The van der Waals surface area contributed by atoms with Crippen molar-refractivity contribution < 1.29 is 9.53 Å². The predicted molar refractivity (Wildman–Crippen MR) is 132 cm³/mol. The largest absolute Gasteiger partial charge is 0.462 e. The summed E-state index contributed by atoms with van der Waals surface area (Å²) in [7, 11) is 0. The van der Waals surface area contributed by atoms with Gasteiger partial charge in [-0.15, -0.1) is 0 Å². The Morgan fingerprint density at radius 3 is 2.52 bits per heavy atom. The van der Waals surface area contributed by atoms with Crippen LogP contribution in [0, 0.1) is 0 Å². The van der Waals surface area contributed by atoms with Crippen molar-refractivity contribution in [3.63, 3.8) is 0 Å². The fourth-order valence-electron chi connectivity index (χ4n) is 3.68. The molecule has 0 aliphatic carbocycles. The molecule has 3 rings (SSSR count). The number of benzene rings is 2. The molecule has 0 amide bonds. The topological polar surface area (TPSA) is 56.2 Å². The summed E-state index contributed by atoms with van der Waals surface area (Å²) in [4.78, 5) is 17.4. The normalized spacial score (nSPS) is 11.5. The predicted octanol–water partition coefficient (Wildman–Crippen LogP) is 7.70. The van der Waals surface area contributed by atoms with Gasteiger partial charge in [-0.25, -0.2) is 4.98 Å². The molecule has 0 unspecified atom stereocenters. The lowest BCUT2D eigenvalue weighted by atomic mass is 9.93. The number of carbonyl (C=O) groups excluding carboxylic acids is 1. The minimum atomic E-state index is -0.331. The Labute approximate surface area is 201 Å². The summed E-state index contributed by atoms with van der Waals surface area (Å²) in [6.45, 7) is 8.01. The van der Waals surface area contributed by atoms with Gasteiger partial charge in [0.1, 0.15) is 12.1 Å². The summed E-state index contributed by atoms with van der Waals surface area (Å²) in [5, 5.41) is 4.48. The third-order valence-corrected chi connectivity index (χ3v) is 6.33. The van der Waals surface area contributed by atoms with Gasteiger partial charge in [0.25, 0.3) is 0 Å². The number of nitrogens with zero attached hydrogens (tertiary/aromatic N) is 2. The third kappa shape index (κ3) is 5.36. The second-order valence-corrected chi connectivity index (χ2v) is 9.35. The van der Waals surface area contributed by atoms with Crippen LogP contribution in [0.15, 0.2) is 34.8 Å². The molecule has 3 aromatic rings. The average Bonchev–Trinajstić information content (AvgIpc) is 3.05. The molecule has 0 saturated heterocycles.